The van der Waals surface area contributed by atoms with Crippen molar-refractivity contribution in [3.63, 3.8) is 0 Å². The van der Waals surface area contributed by atoms with E-state index in [2.05, 4.69) is 19.2 Å². The zero-order valence-corrected chi connectivity index (χ0v) is 6.28. The highest BCUT2D eigenvalue weighted by molar-refractivity contribution is 7.84. The molecule has 0 radical (unpaired) electrons. The van der Waals surface area contributed by atoms with E-state index >= 15 is 0 Å². The average Bonchev–Trinajstić information content (AvgIpc) is 1.65. The first-order valence-electron chi connectivity index (χ1n) is 2.32. The normalized spacial score (nSPS) is 7.88. The van der Waals surface area contributed by atoms with Gasteiger partial charge in [0.1, 0.15) is 0 Å². The molecule has 0 heterocycles. The Morgan fingerprint density at radius 3 is 1.88 bits per heavy atom. The van der Waals surface area contributed by atoms with E-state index in [4.69, 9.17) is 5.73 Å². The van der Waals surface area contributed by atoms with Crippen LogP contribution in [0.15, 0.2) is 23.8 Å². The Balaban J connectivity index is 0. The lowest BCUT2D eigenvalue weighted by atomic mass is 10.7. The molecule has 2 N–H and O–H groups in total. The van der Waals surface area contributed by atoms with Crippen LogP contribution < -0.4 is 5.73 Å². The van der Waals surface area contributed by atoms with Crippen molar-refractivity contribution >= 4 is 12.6 Å². The van der Waals surface area contributed by atoms with Crippen molar-refractivity contribution in [1.29, 1.82) is 0 Å². The van der Waals surface area contributed by atoms with E-state index in [1.807, 2.05) is 13.8 Å². The molecule has 0 aliphatic heterocycles. The van der Waals surface area contributed by atoms with Crippen LogP contribution in [0, 0.1) is 0 Å². The maximum Gasteiger partial charge on any atom is -0.0106 e. The van der Waals surface area contributed by atoms with E-state index in [9.17, 15) is 0 Å². The topological polar surface area (TPSA) is 26.0 Å². The minimum absolute atomic E-state index is 0.861. The van der Waals surface area contributed by atoms with E-state index in [1.54, 1.807) is 6.08 Å². The summed E-state index contributed by atoms with van der Waals surface area (Å²) in [5, 5.41) is 0. The van der Waals surface area contributed by atoms with Gasteiger partial charge in [-0.3, -0.25) is 0 Å². The van der Waals surface area contributed by atoms with Crippen molar-refractivity contribution in [2.24, 2.45) is 5.73 Å². The van der Waals surface area contributed by atoms with Crippen LogP contribution in [0.25, 0.3) is 0 Å². The number of rotatable bonds is 0. The fourth-order valence-electron chi connectivity index (χ4n) is 0. The van der Waals surface area contributed by atoms with Crippen LogP contribution in [0.1, 0.15) is 13.8 Å². The van der Waals surface area contributed by atoms with E-state index in [0.717, 1.165) is 4.91 Å². The lowest BCUT2D eigenvalue weighted by Gasteiger charge is -1.64. The quantitative estimate of drug-likeness (QED) is 0.483. The Bertz CT molecular complexity index is 68.6. The molecular weight excluding hydrogens is 118 g/mol. The van der Waals surface area contributed by atoms with E-state index < -0.39 is 0 Å². The highest BCUT2D eigenvalue weighted by atomic mass is 32.1. The summed E-state index contributed by atoms with van der Waals surface area (Å²) in [5.41, 5.74) is 4.85. The van der Waals surface area contributed by atoms with Crippen molar-refractivity contribution in [2.45, 2.75) is 13.8 Å². The smallest absolute Gasteiger partial charge is 0.0106 e. The first-order chi connectivity index (χ1) is 3.65. The Hall–Kier alpha value is -0.370. The van der Waals surface area contributed by atoms with Gasteiger partial charge in [0, 0.05) is 0 Å². The first kappa shape index (κ1) is 10.6. The van der Waals surface area contributed by atoms with Gasteiger partial charge in [0.2, 0.25) is 0 Å². The Morgan fingerprint density at radius 2 is 1.88 bits per heavy atom. The molecule has 0 amide bonds. The monoisotopic (exact) mass is 131 g/mol. The number of nitrogens with two attached hydrogens (primary N) is 1. The molecule has 0 spiro atoms. The van der Waals surface area contributed by atoms with Gasteiger partial charge in [-0.15, -0.1) is 12.6 Å². The summed E-state index contributed by atoms with van der Waals surface area (Å²) in [6.07, 6.45) is 3.28. The van der Waals surface area contributed by atoms with Crippen LogP contribution in [0.2, 0.25) is 0 Å². The van der Waals surface area contributed by atoms with E-state index in [-0.39, 0.29) is 0 Å². The highest BCUT2D eigenvalue weighted by Gasteiger charge is 1.52. The van der Waals surface area contributed by atoms with E-state index in [0.29, 0.717) is 0 Å². The third-order valence-corrected chi connectivity index (χ3v) is 0.192. The summed E-state index contributed by atoms with van der Waals surface area (Å²) in [7, 11) is 0. The molecule has 0 rings (SSSR count). The molecule has 1 nitrogen and oxygen atoms in total. The molecule has 0 bridgehead atoms. The van der Waals surface area contributed by atoms with Crippen molar-refractivity contribution < 1.29 is 0 Å². The second-order valence-electron chi connectivity index (χ2n) is 1.26. The highest BCUT2D eigenvalue weighted by Crippen LogP contribution is 1.86. The predicted molar refractivity (Wildman–Crippen MR) is 42.8 cm³/mol. The molecule has 2 heteroatoms. The summed E-state index contributed by atoms with van der Waals surface area (Å²) in [4.78, 5) is 0.861. The minimum atomic E-state index is 0.861. The molecule has 0 aromatic carbocycles. The number of allylic oxidation sites excluding steroid dienone is 2. The number of hydrogen-bond acceptors (Lipinski definition) is 2. The number of thiol groups is 1. The predicted octanol–water partition coefficient (Wildman–Crippen LogP) is 1.93. The zero-order valence-electron chi connectivity index (χ0n) is 5.39. The van der Waals surface area contributed by atoms with Gasteiger partial charge in [-0.2, -0.15) is 0 Å². The molecule has 0 atom stereocenters. The summed E-state index contributed by atoms with van der Waals surface area (Å²) in [6.45, 7) is 7.13. The maximum atomic E-state index is 4.85. The van der Waals surface area contributed by atoms with Crippen molar-refractivity contribution in [3.05, 3.63) is 23.8 Å². The number of hydrogen-bond donors (Lipinski definition) is 2. The van der Waals surface area contributed by atoms with Gasteiger partial charge in [-0.25, -0.2) is 0 Å². The van der Waals surface area contributed by atoms with Gasteiger partial charge in [0.25, 0.3) is 0 Å². The van der Waals surface area contributed by atoms with Crippen LogP contribution in [-0.2, 0) is 0 Å². The van der Waals surface area contributed by atoms with Gasteiger partial charge in [-0.05, 0) is 25.0 Å². The Morgan fingerprint density at radius 1 is 1.75 bits per heavy atom. The minimum Gasteiger partial charge on any atom is -0.405 e. The molecule has 0 fully saturated rings. The summed E-state index contributed by atoms with van der Waals surface area (Å²) < 4.78 is 0. The summed E-state index contributed by atoms with van der Waals surface area (Å²) in [6, 6.07) is 0. The van der Waals surface area contributed by atoms with Crippen molar-refractivity contribution in [2.75, 3.05) is 0 Å². The summed E-state index contributed by atoms with van der Waals surface area (Å²) >= 11 is 3.77. The van der Waals surface area contributed by atoms with Gasteiger partial charge in [0.05, 0.1) is 0 Å². The van der Waals surface area contributed by atoms with Gasteiger partial charge >= 0.3 is 0 Å². The molecule has 0 aliphatic carbocycles. The van der Waals surface area contributed by atoms with Crippen molar-refractivity contribution in [1.82, 2.24) is 0 Å². The summed E-state index contributed by atoms with van der Waals surface area (Å²) in [5.74, 6) is 0. The molecule has 0 aromatic heterocycles. The van der Waals surface area contributed by atoms with Gasteiger partial charge in [-0.1, -0.05) is 12.7 Å². The molecule has 48 valence electrons. The fraction of sp³-hybridized carbons (Fsp3) is 0.333. The third kappa shape index (κ3) is 304. The van der Waals surface area contributed by atoms with Crippen LogP contribution in [0.4, 0.5) is 0 Å². The lowest BCUT2D eigenvalue weighted by molar-refractivity contribution is 1.55. The average molecular weight is 131 g/mol. The van der Waals surface area contributed by atoms with Gasteiger partial charge in [0.15, 0.2) is 0 Å². The Labute approximate surface area is 56.7 Å². The molecule has 0 saturated heterocycles. The van der Waals surface area contributed by atoms with Crippen LogP contribution >= 0.6 is 12.6 Å². The molecule has 0 saturated carbocycles. The van der Waals surface area contributed by atoms with Gasteiger partial charge < -0.3 is 5.73 Å². The van der Waals surface area contributed by atoms with Crippen LogP contribution in [-0.4, -0.2) is 0 Å². The standard InChI is InChI=1S/C3H7N.C3H6S/c1-2-3-4;1-3(2)4/h2-3H,4H2,1H3;4H,1H2,2H3/b3-2-;. The molecule has 0 unspecified atom stereocenters. The van der Waals surface area contributed by atoms with Crippen LogP contribution in [0.3, 0.4) is 0 Å². The third-order valence-electron chi connectivity index (χ3n) is 0.192. The molecule has 8 heavy (non-hydrogen) atoms. The Kier molecular flexibility index (Phi) is 13.0. The second kappa shape index (κ2) is 9.80. The van der Waals surface area contributed by atoms with Crippen LogP contribution in [0.5, 0.6) is 0 Å². The van der Waals surface area contributed by atoms with E-state index in [1.165, 1.54) is 6.20 Å². The first-order valence-corrected chi connectivity index (χ1v) is 2.77. The van der Waals surface area contributed by atoms with Crippen molar-refractivity contribution in [3.8, 4) is 0 Å². The second-order valence-corrected chi connectivity index (χ2v) is 2.02. The lowest BCUT2D eigenvalue weighted by Crippen LogP contribution is -1.70. The SMILES string of the molecule is C/C=C\N.C=C(C)S. The fourth-order valence-corrected chi connectivity index (χ4v) is 0. The largest absolute Gasteiger partial charge is 0.405 e. The molecular formula is C6H13NS. The molecule has 0 aromatic rings. The zero-order chi connectivity index (χ0) is 6.99. The molecule has 0 aliphatic rings. The maximum absolute atomic E-state index is 4.85.